The summed E-state index contributed by atoms with van der Waals surface area (Å²) in [7, 11) is 1.57. The molecule has 1 heterocycles. The van der Waals surface area contributed by atoms with Gasteiger partial charge in [-0.3, -0.25) is 5.32 Å². The molecule has 2 aromatic rings. The number of carbonyl (C=O) groups is 1. The van der Waals surface area contributed by atoms with Gasteiger partial charge in [0.15, 0.2) is 5.76 Å². The van der Waals surface area contributed by atoms with E-state index < -0.39 is 6.09 Å². The van der Waals surface area contributed by atoms with E-state index in [1.54, 1.807) is 38.3 Å². The fourth-order valence-electron chi connectivity index (χ4n) is 1.56. The quantitative estimate of drug-likeness (QED) is 0.872. The number of amides is 1. The van der Waals surface area contributed by atoms with Gasteiger partial charge in [-0.15, -0.1) is 0 Å². The third kappa shape index (κ3) is 2.27. The second kappa shape index (κ2) is 4.79. The molecule has 1 amide bonds. The van der Waals surface area contributed by atoms with Gasteiger partial charge in [-0.2, -0.15) is 0 Å². The van der Waals surface area contributed by atoms with Gasteiger partial charge in [0.1, 0.15) is 17.1 Å². The Morgan fingerprint density at radius 1 is 1.39 bits per heavy atom. The van der Waals surface area contributed by atoms with Gasteiger partial charge in [0, 0.05) is 5.56 Å². The lowest BCUT2D eigenvalue weighted by molar-refractivity contribution is 0.209. The Kier molecular flexibility index (Phi) is 3.18. The predicted molar refractivity (Wildman–Crippen MR) is 64.9 cm³/mol. The van der Waals surface area contributed by atoms with Crippen LogP contribution in [0.5, 0.6) is 5.75 Å². The minimum atomic E-state index is -1.16. The van der Waals surface area contributed by atoms with Gasteiger partial charge < -0.3 is 14.4 Å². The van der Waals surface area contributed by atoms with Gasteiger partial charge in [0.25, 0.3) is 0 Å². The van der Waals surface area contributed by atoms with Crippen molar-refractivity contribution in [3.05, 3.63) is 30.0 Å². The number of carboxylic acid groups (broad SMARTS) is 1. The van der Waals surface area contributed by atoms with Crippen molar-refractivity contribution in [3.63, 3.8) is 0 Å². The lowest BCUT2D eigenvalue weighted by Crippen LogP contribution is -2.08. The average molecular weight is 248 g/mol. The van der Waals surface area contributed by atoms with Crippen LogP contribution in [0.25, 0.3) is 11.3 Å². The van der Waals surface area contributed by atoms with Crippen LogP contribution in [0.15, 0.2) is 28.8 Å². The topological polar surface area (TPSA) is 84.6 Å². The molecule has 6 heteroatoms. The fourth-order valence-corrected chi connectivity index (χ4v) is 1.56. The average Bonchev–Trinajstić information content (AvgIpc) is 2.71. The lowest BCUT2D eigenvalue weighted by atomic mass is 10.1. The van der Waals surface area contributed by atoms with Gasteiger partial charge in [-0.1, -0.05) is 5.16 Å². The summed E-state index contributed by atoms with van der Waals surface area (Å²) in [6.45, 7) is 1.67. The van der Waals surface area contributed by atoms with E-state index in [9.17, 15) is 4.79 Å². The summed E-state index contributed by atoms with van der Waals surface area (Å²) in [6, 6.07) is 7.06. The molecule has 0 bridgehead atoms. The zero-order valence-electron chi connectivity index (χ0n) is 9.93. The SMILES string of the molecule is COc1ccc(-c2onc(C)c2NC(=O)O)cc1. The highest BCUT2D eigenvalue weighted by atomic mass is 16.5. The number of nitrogens with one attached hydrogen (secondary N) is 1. The Balaban J connectivity index is 2.40. The smallest absolute Gasteiger partial charge is 0.409 e. The largest absolute Gasteiger partial charge is 0.497 e. The molecule has 0 spiro atoms. The highest BCUT2D eigenvalue weighted by Crippen LogP contribution is 2.31. The first-order chi connectivity index (χ1) is 8.61. The number of aryl methyl sites for hydroxylation is 1. The van der Waals surface area contributed by atoms with Crippen molar-refractivity contribution in [2.24, 2.45) is 0 Å². The molecule has 1 aromatic heterocycles. The van der Waals surface area contributed by atoms with Crippen LogP contribution in [0.1, 0.15) is 5.69 Å². The van der Waals surface area contributed by atoms with Crippen LogP contribution in [0.3, 0.4) is 0 Å². The number of anilines is 1. The molecule has 0 saturated carbocycles. The van der Waals surface area contributed by atoms with Crippen LogP contribution in [0.2, 0.25) is 0 Å². The molecule has 18 heavy (non-hydrogen) atoms. The van der Waals surface area contributed by atoms with Crippen LogP contribution >= 0.6 is 0 Å². The summed E-state index contributed by atoms with van der Waals surface area (Å²) in [5.74, 6) is 1.10. The van der Waals surface area contributed by atoms with Crippen LogP contribution in [0, 0.1) is 6.92 Å². The highest BCUT2D eigenvalue weighted by Gasteiger charge is 2.16. The Labute approximate surface area is 103 Å². The number of hydrogen-bond acceptors (Lipinski definition) is 4. The van der Waals surface area contributed by atoms with E-state index in [0.717, 1.165) is 5.56 Å². The van der Waals surface area contributed by atoms with Crippen molar-refractivity contribution in [2.75, 3.05) is 12.4 Å². The molecule has 6 nitrogen and oxygen atoms in total. The van der Waals surface area contributed by atoms with Gasteiger partial charge in [0.2, 0.25) is 0 Å². The van der Waals surface area contributed by atoms with Gasteiger partial charge >= 0.3 is 6.09 Å². The van der Waals surface area contributed by atoms with E-state index in [1.807, 2.05) is 0 Å². The summed E-state index contributed by atoms with van der Waals surface area (Å²) in [5, 5.41) is 14.8. The Hall–Kier alpha value is -2.50. The lowest BCUT2D eigenvalue weighted by Gasteiger charge is -2.03. The van der Waals surface area contributed by atoms with E-state index in [4.69, 9.17) is 14.4 Å². The second-order valence-corrected chi connectivity index (χ2v) is 3.63. The Morgan fingerprint density at radius 3 is 2.61 bits per heavy atom. The maximum Gasteiger partial charge on any atom is 0.409 e. The van der Waals surface area contributed by atoms with Crippen LogP contribution in [0.4, 0.5) is 10.5 Å². The van der Waals surface area contributed by atoms with Crippen molar-refractivity contribution in [1.82, 2.24) is 5.16 Å². The zero-order valence-corrected chi connectivity index (χ0v) is 9.93. The van der Waals surface area contributed by atoms with Crippen molar-refractivity contribution in [2.45, 2.75) is 6.92 Å². The van der Waals surface area contributed by atoms with Crippen molar-refractivity contribution < 1.29 is 19.2 Å². The van der Waals surface area contributed by atoms with Gasteiger partial charge in [-0.25, -0.2) is 4.79 Å². The van der Waals surface area contributed by atoms with E-state index in [2.05, 4.69) is 10.5 Å². The maximum atomic E-state index is 10.7. The molecule has 2 N–H and O–H groups in total. The monoisotopic (exact) mass is 248 g/mol. The number of aromatic nitrogens is 1. The summed E-state index contributed by atoms with van der Waals surface area (Å²) in [5.41, 5.74) is 1.57. The summed E-state index contributed by atoms with van der Waals surface area (Å²) >= 11 is 0. The summed E-state index contributed by atoms with van der Waals surface area (Å²) in [6.07, 6.45) is -1.16. The molecule has 0 unspecified atom stereocenters. The molecule has 2 rings (SSSR count). The number of nitrogens with zero attached hydrogens (tertiary/aromatic N) is 1. The number of hydrogen-bond donors (Lipinski definition) is 2. The molecule has 0 aliphatic carbocycles. The molecular formula is C12H12N2O4. The number of methoxy groups -OCH3 is 1. The van der Waals surface area contributed by atoms with E-state index in [1.165, 1.54) is 0 Å². The van der Waals surface area contributed by atoms with Crippen LogP contribution in [-0.4, -0.2) is 23.5 Å². The number of benzene rings is 1. The first-order valence-electron chi connectivity index (χ1n) is 5.22. The van der Waals surface area contributed by atoms with Gasteiger partial charge in [-0.05, 0) is 31.2 Å². The molecule has 0 aliphatic rings. The first-order valence-corrected chi connectivity index (χ1v) is 5.22. The summed E-state index contributed by atoms with van der Waals surface area (Å²) in [4.78, 5) is 10.7. The van der Waals surface area contributed by atoms with E-state index in [-0.39, 0.29) is 0 Å². The maximum absolute atomic E-state index is 10.7. The fraction of sp³-hybridized carbons (Fsp3) is 0.167. The summed E-state index contributed by atoms with van der Waals surface area (Å²) < 4.78 is 10.2. The molecule has 94 valence electrons. The molecular weight excluding hydrogens is 236 g/mol. The first kappa shape index (κ1) is 12.0. The Morgan fingerprint density at radius 2 is 2.06 bits per heavy atom. The van der Waals surface area contributed by atoms with Crippen molar-refractivity contribution >= 4 is 11.8 Å². The molecule has 1 aromatic carbocycles. The zero-order chi connectivity index (χ0) is 13.1. The minimum absolute atomic E-state index is 0.354. The number of ether oxygens (including phenoxy) is 1. The molecule has 0 saturated heterocycles. The van der Waals surface area contributed by atoms with Crippen molar-refractivity contribution in [3.8, 4) is 17.1 Å². The predicted octanol–water partition coefficient (Wildman–Crippen LogP) is 2.75. The third-order valence-corrected chi connectivity index (χ3v) is 2.45. The molecule has 0 atom stereocenters. The highest BCUT2D eigenvalue weighted by molar-refractivity contribution is 5.89. The number of rotatable bonds is 3. The molecule has 0 fully saturated rings. The van der Waals surface area contributed by atoms with E-state index >= 15 is 0 Å². The van der Waals surface area contributed by atoms with E-state index in [0.29, 0.717) is 22.9 Å². The normalized spacial score (nSPS) is 10.1. The van der Waals surface area contributed by atoms with Crippen LogP contribution in [-0.2, 0) is 0 Å². The molecule has 0 radical (unpaired) electrons. The third-order valence-electron chi connectivity index (χ3n) is 2.45. The minimum Gasteiger partial charge on any atom is -0.497 e. The second-order valence-electron chi connectivity index (χ2n) is 3.63. The Bertz CT molecular complexity index is 560. The van der Waals surface area contributed by atoms with Crippen LogP contribution < -0.4 is 10.1 Å². The van der Waals surface area contributed by atoms with Gasteiger partial charge in [0.05, 0.1) is 7.11 Å². The van der Waals surface area contributed by atoms with Crippen molar-refractivity contribution in [1.29, 1.82) is 0 Å². The standard InChI is InChI=1S/C12H12N2O4/c1-7-10(13-12(15)16)11(18-14-7)8-3-5-9(17-2)6-4-8/h3-6,13H,1-2H3,(H,15,16). The molecule has 0 aliphatic heterocycles.